The molecule has 10 nitrogen and oxygen atoms in total. The van der Waals surface area contributed by atoms with Crippen LogP contribution in [0.4, 0.5) is 13.2 Å². The number of carboxylic acids is 2. The number of hydrogen-bond acceptors (Lipinski definition) is 7. The van der Waals surface area contributed by atoms with Gasteiger partial charge in [-0.2, -0.15) is 11.8 Å². The maximum absolute atomic E-state index is 13.8. The number of nitrogens with one attached hydrogen (secondary N) is 2. The van der Waals surface area contributed by atoms with Gasteiger partial charge in [0.1, 0.15) is 17.9 Å². The minimum atomic E-state index is -1.34. The molecule has 37 heavy (non-hydrogen) atoms. The van der Waals surface area contributed by atoms with E-state index >= 15 is 0 Å². The van der Waals surface area contributed by atoms with Gasteiger partial charge in [0.15, 0.2) is 11.6 Å². The SMILES string of the molecule is CSCC[C@H](N[C@@H](C)C(=O)N1C[C@@H](NC(=O)C[C@H](N)Cc2cc(F)c(F)cc2F)C[C@H]1C(=O)O)C(=O)O. The molecule has 1 aromatic carbocycles. The molecule has 0 bridgehead atoms. The molecule has 1 aliphatic heterocycles. The van der Waals surface area contributed by atoms with Gasteiger partial charge in [-0.05, 0) is 43.4 Å². The highest BCUT2D eigenvalue weighted by Gasteiger charge is 2.42. The lowest BCUT2D eigenvalue weighted by Crippen LogP contribution is -2.53. The Labute approximate surface area is 216 Å². The van der Waals surface area contributed by atoms with Crippen LogP contribution in [0.2, 0.25) is 0 Å². The number of carbonyl (C=O) groups excluding carboxylic acids is 2. The van der Waals surface area contributed by atoms with Gasteiger partial charge in [-0.3, -0.25) is 19.7 Å². The Hall–Kier alpha value is -2.84. The van der Waals surface area contributed by atoms with Crippen molar-refractivity contribution < 1.29 is 42.6 Å². The Morgan fingerprint density at radius 2 is 1.81 bits per heavy atom. The third-order valence-corrected chi connectivity index (χ3v) is 6.63. The van der Waals surface area contributed by atoms with E-state index in [2.05, 4.69) is 10.6 Å². The summed E-state index contributed by atoms with van der Waals surface area (Å²) in [6, 6.07) is -3.80. The number of halogens is 3. The topological polar surface area (TPSA) is 162 Å². The minimum Gasteiger partial charge on any atom is -0.480 e. The molecule has 0 spiro atoms. The number of hydrogen-bond donors (Lipinski definition) is 5. The van der Waals surface area contributed by atoms with Crippen LogP contribution in [0.3, 0.4) is 0 Å². The molecular formula is C23H31F3N4O6S. The average molecular weight is 549 g/mol. The van der Waals surface area contributed by atoms with E-state index < -0.39 is 71.4 Å². The molecule has 1 saturated heterocycles. The third kappa shape index (κ3) is 8.61. The largest absolute Gasteiger partial charge is 0.480 e. The minimum absolute atomic E-state index is 0.0819. The van der Waals surface area contributed by atoms with Crippen molar-refractivity contribution in [1.29, 1.82) is 0 Å². The van der Waals surface area contributed by atoms with Crippen molar-refractivity contribution in [3.05, 3.63) is 35.1 Å². The van der Waals surface area contributed by atoms with Gasteiger partial charge in [-0.1, -0.05) is 0 Å². The Kier molecular flexibility index (Phi) is 11.2. The van der Waals surface area contributed by atoms with Gasteiger partial charge in [0, 0.05) is 37.5 Å². The smallest absolute Gasteiger partial charge is 0.326 e. The van der Waals surface area contributed by atoms with Gasteiger partial charge in [-0.15, -0.1) is 0 Å². The normalized spacial score (nSPS) is 19.8. The maximum atomic E-state index is 13.8. The van der Waals surface area contributed by atoms with Gasteiger partial charge >= 0.3 is 11.9 Å². The fourth-order valence-corrected chi connectivity index (χ4v) is 4.62. The van der Waals surface area contributed by atoms with Gasteiger partial charge in [-0.25, -0.2) is 18.0 Å². The van der Waals surface area contributed by atoms with Crippen molar-refractivity contribution >= 4 is 35.5 Å². The molecule has 0 radical (unpaired) electrons. The molecule has 14 heteroatoms. The summed E-state index contributed by atoms with van der Waals surface area (Å²) in [5.41, 5.74) is 5.68. The monoisotopic (exact) mass is 548 g/mol. The van der Waals surface area contributed by atoms with Gasteiger partial charge in [0.25, 0.3) is 0 Å². The molecule has 2 rings (SSSR count). The summed E-state index contributed by atoms with van der Waals surface area (Å²) in [5.74, 6) is -6.65. The molecule has 0 unspecified atom stereocenters. The number of thioether (sulfide) groups is 1. The van der Waals surface area contributed by atoms with Gasteiger partial charge < -0.3 is 26.2 Å². The molecule has 0 aliphatic carbocycles. The summed E-state index contributed by atoms with van der Waals surface area (Å²) in [5, 5.41) is 24.3. The van der Waals surface area contributed by atoms with E-state index in [1.54, 1.807) is 0 Å². The van der Waals surface area contributed by atoms with Crippen LogP contribution in [-0.2, 0) is 25.6 Å². The van der Waals surface area contributed by atoms with E-state index in [1.165, 1.54) is 18.7 Å². The molecule has 0 saturated carbocycles. The van der Waals surface area contributed by atoms with Crippen molar-refractivity contribution in [3.8, 4) is 0 Å². The predicted molar refractivity (Wildman–Crippen MR) is 129 cm³/mol. The van der Waals surface area contributed by atoms with E-state index in [0.29, 0.717) is 17.9 Å². The molecule has 6 N–H and O–H groups in total. The highest BCUT2D eigenvalue weighted by atomic mass is 32.2. The number of rotatable bonds is 13. The second-order valence-corrected chi connectivity index (χ2v) is 9.92. The zero-order valence-electron chi connectivity index (χ0n) is 20.4. The summed E-state index contributed by atoms with van der Waals surface area (Å²) in [6.07, 6.45) is 1.45. The number of aliphatic carboxylic acids is 2. The summed E-state index contributed by atoms with van der Waals surface area (Å²) in [4.78, 5) is 49.8. The summed E-state index contributed by atoms with van der Waals surface area (Å²) >= 11 is 1.45. The molecule has 1 aromatic rings. The second-order valence-electron chi connectivity index (χ2n) is 8.93. The first kappa shape index (κ1) is 30.4. The third-order valence-electron chi connectivity index (χ3n) is 5.98. The molecule has 2 amide bonds. The average Bonchev–Trinajstić information content (AvgIpc) is 3.23. The van der Waals surface area contributed by atoms with Gasteiger partial charge in [0.2, 0.25) is 11.8 Å². The number of carboxylic acid groups (broad SMARTS) is 2. The van der Waals surface area contributed by atoms with Crippen molar-refractivity contribution in [2.45, 2.75) is 62.8 Å². The Bertz CT molecular complexity index is 1020. The lowest BCUT2D eigenvalue weighted by molar-refractivity contribution is -0.149. The van der Waals surface area contributed by atoms with Crippen molar-refractivity contribution in [2.75, 3.05) is 18.6 Å². The maximum Gasteiger partial charge on any atom is 0.326 e. The Morgan fingerprint density at radius 1 is 1.16 bits per heavy atom. The van der Waals surface area contributed by atoms with Crippen molar-refractivity contribution in [1.82, 2.24) is 15.5 Å². The molecule has 5 atom stereocenters. The molecule has 1 fully saturated rings. The number of nitrogens with zero attached hydrogens (tertiary/aromatic N) is 1. The lowest BCUT2D eigenvalue weighted by atomic mass is 10.0. The zero-order valence-corrected chi connectivity index (χ0v) is 21.2. The summed E-state index contributed by atoms with van der Waals surface area (Å²) in [7, 11) is 0. The first-order chi connectivity index (χ1) is 17.3. The standard InChI is InChI=1S/C23H31F3N4O6S/c1-11(28-18(22(33)34)3-4-37-2)21(32)30-10-14(8-19(30)23(35)36)29-20(31)7-13(27)5-12-6-16(25)17(26)9-15(12)24/h6,9,11,13-14,18-19,28H,3-5,7-8,10,27H2,1-2H3,(H,29,31)(H,33,34)(H,35,36)/t11-,13+,14-,18-,19-/m0/s1. The van der Waals surface area contributed by atoms with E-state index in [-0.39, 0.29) is 37.8 Å². The van der Waals surface area contributed by atoms with Crippen LogP contribution in [-0.4, -0.2) is 87.6 Å². The van der Waals surface area contributed by atoms with E-state index in [9.17, 15) is 42.6 Å². The molecule has 0 aromatic heterocycles. The van der Waals surface area contributed by atoms with Gasteiger partial charge in [0.05, 0.1) is 6.04 Å². The highest BCUT2D eigenvalue weighted by Crippen LogP contribution is 2.21. The summed E-state index contributed by atoms with van der Waals surface area (Å²) in [6.45, 7) is 1.32. The summed E-state index contributed by atoms with van der Waals surface area (Å²) < 4.78 is 40.3. The number of nitrogens with two attached hydrogens (primary N) is 1. The second kappa shape index (κ2) is 13.6. The Morgan fingerprint density at radius 3 is 2.41 bits per heavy atom. The van der Waals surface area contributed by atoms with Crippen LogP contribution in [0.5, 0.6) is 0 Å². The van der Waals surface area contributed by atoms with E-state index in [1.807, 2.05) is 6.26 Å². The highest BCUT2D eigenvalue weighted by molar-refractivity contribution is 7.98. The van der Waals surface area contributed by atoms with E-state index in [4.69, 9.17) is 5.73 Å². The van der Waals surface area contributed by atoms with Crippen molar-refractivity contribution in [3.63, 3.8) is 0 Å². The lowest BCUT2D eigenvalue weighted by Gasteiger charge is -2.27. The fourth-order valence-electron chi connectivity index (χ4n) is 4.15. The number of carbonyl (C=O) groups is 4. The fraction of sp³-hybridized carbons (Fsp3) is 0.565. The Balaban J connectivity index is 1.98. The van der Waals surface area contributed by atoms with E-state index in [0.717, 1.165) is 4.90 Å². The molecule has 1 aliphatic rings. The zero-order chi connectivity index (χ0) is 27.9. The predicted octanol–water partition coefficient (Wildman–Crippen LogP) is 0.719. The number of benzene rings is 1. The van der Waals surface area contributed by atoms with Crippen LogP contribution in [0.15, 0.2) is 12.1 Å². The first-order valence-electron chi connectivity index (χ1n) is 11.5. The van der Waals surface area contributed by atoms with Crippen LogP contribution >= 0.6 is 11.8 Å². The van der Waals surface area contributed by atoms with Crippen molar-refractivity contribution in [2.24, 2.45) is 5.73 Å². The number of amides is 2. The number of likely N-dealkylation sites (tertiary alicyclic amines) is 1. The first-order valence-corrected chi connectivity index (χ1v) is 12.9. The van der Waals surface area contributed by atoms with Crippen LogP contribution in [0.25, 0.3) is 0 Å². The molecule has 206 valence electrons. The van der Waals surface area contributed by atoms with Crippen LogP contribution in [0.1, 0.15) is 31.7 Å². The van der Waals surface area contributed by atoms with Crippen LogP contribution < -0.4 is 16.4 Å². The quantitative estimate of drug-likeness (QED) is 0.224. The molecular weight excluding hydrogens is 517 g/mol. The van der Waals surface area contributed by atoms with Crippen LogP contribution in [0, 0.1) is 17.5 Å². The molecule has 1 heterocycles.